The van der Waals surface area contributed by atoms with Gasteiger partial charge in [-0.05, 0) is 38.8 Å². The quantitative estimate of drug-likeness (QED) is 0.723. The van der Waals surface area contributed by atoms with Crippen molar-refractivity contribution >= 4 is 11.8 Å². The maximum absolute atomic E-state index is 10.2. The number of hydrogen-bond donors (Lipinski definition) is 1. The molecule has 1 aromatic rings. The third-order valence-electron chi connectivity index (χ3n) is 4.85. The summed E-state index contributed by atoms with van der Waals surface area (Å²) in [6.45, 7) is 12.5. The Balaban J connectivity index is 1.90. The van der Waals surface area contributed by atoms with Gasteiger partial charge in [-0.1, -0.05) is 32.0 Å². The van der Waals surface area contributed by atoms with E-state index in [-0.39, 0.29) is 0 Å². The Labute approximate surface area is 152 Å². The van der Waals surface area contributed by atoms with E-state index in [0.29, 0.717) is 12.1 Å². The van der Waals surface area contributed by atoms with Gasteiger partial charge in [0, 0.05) is 48.9 Å². The Morgan fingerprint density at radius 1 is 1.04 bits per heavy atom. The fourth-order valence-corrected chi connectivity index (χ4v) is 4.52. The van der Waals surface area contributed by atoms with Gasteiger partial charge in [0.1, 0.15) is 0 Å². The molecule has 2 rings (SSSR count). The first-order valence-electron chi connectivity index (χ1n) is 9.31. The molecule has 1 aliphatic rings. The highest BCUT2D eigenvalue weighted by atomic mass is 32.2. The van der Waals surface area contributed by atoms with Crippen LogP contribution in [0.5, 0.6) is 0 Å². The molecule has 0 amide bonds. The van der Waals surface area contributed by atoms with E-state index in [0.717, 1.165) is 38.4 Å². The molecular formula is C20H34N2OS. The largest absolute Gasteiger partial charge is 0.389 e. The van der Waals surface area contributed by atoms with Gasteiger partial charge in [-0.15, -0.1) is 11.8 Å². The van der Waals surface area contributed by atoms with E-state index in [1.165, 1.54) is 11.3 Å². The van der Waals surface area contributed by atoms with Crippen LogP contribution < -0.4 is 0 Å². The number of hydrogen-bond acceptors (Lipinski definition) is 4. The summed E-state index contributed by atoms with van der Waals surface area (Å²) in [5.41, 5.74) is -0.614. The normalized spacial score (nSPS) is 23.5. The van der Waals surface area contributed by atoms with E-state index >= 15 is 0 Å². The summed E-state index contributed by atoms with van der Waals surface area (Å²) in [4.78, 5) is 6.54. The number of β-amino-alcohol motifs (C(OH)–C–C–N with tert-alkyl or cyclic N) is 1. The van der Waals surface area contributed by atoms with Crippen LogP contribution in [-0.2, 0) is 0 Å². The van der Waals surface area contributed by atoms with Crippen molar-refractivity contribution in [1.82, 2.24) is 9.80 Å². The highest BCUT2D eigenvalue weighted by molar-refractivity contribution is 7.99. The Morgan fingerprint density at radius 3 is 2.21 bits per heavy atom. The van der Waals surface area contributed by atoms with Crippen LogP contribution in [-0.4, -0.2) is 64.5 Å². The predicted molar refractivity (Wildman–Crippen MR) is 105 cm³/mol. The molecule has 0 unspecified atom stereocenters. The van der Waals surface area contributed by atoms with Gasteiger partial charge in [-0.2, -0.15) is 0 Å². The third kappa shape index (κ3) is 6.07. The molecule has 0 saturated carbocycles. The van der Waals surface area contributed by atoms with Crippen molar-refractivity contribution in [3.63, 3.8) is 0 Å². The molecule has 1 heterocycles. The molecule has 4 heteroatoms. The van der Waals surface area contributed by atoms with Gasteiger partial charge in [0.15, 0.2) is 0 Å². The summed E-state index contributed by atoms with van der Waals surface area (Å²) in [6.07, 6.45) is 2.32. The molecule has 0 aliphatic carbocycles. The lowest BCUT2D eigenvalue weighted by atomic mass is 9.99. The average Bonchev–Trinajstić information content (AvgIpc) is 2.55. The lowest BCUT2D eigenvalue weighted by Gasteiger charge is -2.47. The number of aliphatic hydroxyl groups is 1. The van der Waals surface area contributed by atoms with Gasteiger partial charge < -0.3 is 5.11 Å². The van der Waals surface area contributed by atoms with Crippen LogP contribution in [0.2, 0.25) is 0 Å². The minimum Gasteiger partial charge on any atom is -0.389 e. The van der Waals surface area contributed by atoms with Gasteiger partial charge in [0.2, 0.25) is 0 Å². The van der Waals surface area contributed by atoms with Crippen molar-refractivity contribution < 1.29 is 5.11 Å². The summed E-state index contributed by atoms with van der Waals surface area (Å²) in [7, 11) is 0. The highest BCUT2D eigenvalue weighted by Crippen LogP contribution is 2.23. The second-order valence-corrected chi connectivity index (χ2v) is 8.69. The Morgan fingerprint density at radius 2 is 1.62 bits per heavy atom. The topological polar surface area (TPSA) is 26.7 Å². The molecule has 1 aliphatic heterocycles. The lowest BCUT2D eigenvalue weighted by molar-refractivity contribution is -0.0281. The van der Waals surface area contributed by atoms with Crippen LogP contribution in [0.25, 0.3) is 0 Å². The number of benzene rings is 1. The van der Waals surface area contributed by atoms with E-state index < -0.39 is 5.60 Å². The first-order valence-corrected chi connectivity index (χ1v) is 10.3. The molecule has 136 valence electrons. The van der Waals surface area contributed by atoms with Crippen molar-refractivity contribution in [2.24, 2.45) is 0 Å². The standard InChI is InChI=1S/C20H34N2OS/c1-5-17-15-22(16-20(3,4)23)18(6-2)14-21(17)12-13-24-19-10-8-7-9-11-19/h7-11,17-18,23H,5-6,12-16H2,1-4H3/t17-,18-/m1/s1. The summed E-state index contributed by atoms with van der Waals surface area (Å²) < 4.78 is 0. The van der Waals surface area contributed by atoms with Crippen LogP contribution in [0.4, 0.5) is 0 Å². The van der Waals surface area contributed by atoms with E-state index in [4.69, 9.17) is 0 Å². The van der Waals surface area contributed by atoms with Crippen molar-refractivity contribution in [2.75, 3.05) is 31.9 Å². The predicted octanol–water partition coefficient (Wildman–Crippen LogP) is 3.72. The van der Waals surface area contributed by atoms with Crippen LogP contribution in [0.15, 0.2) is 35.2 Å². The summed E-state index contributed by atoms with van der Waals surface area (Å²) >= 11 is 1.95. The Bertz CT molecular complexity index is 474. The highest BCUT2D eigenvalue weighted by Gasteiger charge is 2.33. The van der Waals surface area contributed by atoms with E-state index in [9.17, 15) is 5.11 Å². The van der Waals surface area contributed by atoms with Gasteiger partial charge in [-0.25, -0.2) is 0 Å². The number of piperazine rings is 1. The van der Waals surface area contributed by atoms with Crippen molar-refractivity contribution in [2.45, 2.75) is 63.1 Å². The molecule has 0 aromatic heterocycles. The van der Waals surface area contributed by atoms with Gasteiger partial charge in [0.05, 0.1) is 5.60 Å². The molecule has 24 heavy (non-hydrogen) atoms. The SMILES string of the molecule is CC[C@@H]1CN(CC(C)(C)O)[C@H](CC)CN1CCSc1ccccc1. The monoisotopic (exact) mass is 350 g/mol. The van der Waals surface area contributed by atoms with E-state index in [1.54, 1.807) is 0 Å². The molecule has 0 radical (unpaired) electrons. The molecule has 2 atom stereocenters. The second kappa shape index (κ2) is 9.23. The first-order chi connectivity index (χ1) is 11.4. The van der Waals surface area contributed by atoms with Gasteiger partial charge >= 0.3 is 0 Å². The van der Waals surface area contributed by atoms with Crippen LogP contribution in [0.3, 0.4) is 0 Å². The van der Waals surface area contributed by atoms with Crippen molar-refractivity contribution in [3.8, 4) is 0 Å². The maximum atomic E-state index is 10.2. The minimum absolute atomic E-state index is 0.556. The number of thioether (sulfide) groups is 1. The van der Waals surface area contributed by atoms with E-state index in [1.807, 2.05) is 25.6 Å². The van der Waals surface area contributed by atoms with Crippen LogP contribution in [0.1, 0.15) is 40.5 Å². The molecule has 1 aromatic carbocycles. The summed E-state index contributed by atoms with van der Waals surface area (Å²) in [6, 6.07) is 11.8. The zero-order valence-electron chi connectivity index (χ0n) is 15.7. The zero-order chi connectivity index (χ0) is 17.6. The van der Waals surface area contributed by atoms with Crippen LogP contribution in [0, 0.1) is 0 Å². The third-order valence-corrected chi connectivity index (χ3v) is 5.84. The Hall–Kier alpha value is -0.550. The molecule has 0 bridgehead atoms. The molecular weight excluding hydrogens is 316 g/mol. The number of rotatable bonds is 8. The van der Waals surface area contributed by atoms with Gasteiger partial charge in [0.25, 0.3) is 0 Å². The molecule has 3 nitrogen and oxygen atoms in total. The maximum Gasteiger partial charge on any atom is 0.0718 e. The fraction of sp³-hybridized carbons (Fsp3) is 0.700. The van der Waals surface area contributed by atoms with Gasteiger partial charge in [-0.3, -0.25) is 9.80 Å². The molecule has 1 N–H and O–H groups in total. The average molecular weight is 351 g/mol. The molecule has 1 fully saturated rings. The van der Waals surface area contributed by atoms with E-state index in [2.05, 4.69) is 54.0 Å². The van der Waals surface area contributed by atoms with Crippen molar-refractivity contribution in [3.05, 3.63) is 30.3 Å². The summed E-state index contributed by atoms with van der Waals surface area (Å²) in [5.74, 6) is 1.14. The second-order valence-electron chi connectivity index (χ2n) is 7.52. The first kappa shape index (κ1) is 19.8. The smallest absolute Gasteiger partial charge is 0.0718 e. The number of nitrogens with zero attached hydrogens (tertiary/aromatic N) is 2. The lowest BCUT2D eigenvalue weighted by Crippen LogP contribution is -2.60. The van der Waals surface area contributed by atoms with Crippen molar-refractivity contribution in [1.29, 1.82) is 0 Å². The molecule has 1 saturated heterocycles. The minimum atomic E-state index is -0.614. The Kier molecular flexibility index (Phi) is 7.60. The summed E-state index contributed by atoms with van der Waals surface area (Å²) in [5, 5.41) is 10.2. The fourth-order valence-electron chi connectivity index (χ4n) is 3.61. The zero-order valence-corrected chi connectivity index (χ0v) is 16.6. The molecule has 0 spiro atoms. The van der Waals surface area contributed by atoms with Crippen LogP contribution >= 0.6 is 11.8 Å².